The van der Waals surface area contributed by atoms with Gasteiger partial charge in [0.1, 0.15) is 11.1 Å². The Balaban J connectivity index is 1.56. The van der Waals surface area contributed by atoms with E-state index in [0.717, 1.165) is 18.6 Å². The lowest BCUT2D eigenvalue weighted by Gasteiger charge is -2.56. The summed E-state index contributed by atoms with van der Waals surface area (Å²) in [6, 6.07) is 2.26. The highest BCUT2D eigenvalue weighted by atomic mass is 35.5. The van der Waals surface area contributed by atoms with Gasteiger partial charge in [0.15, 0.2) is 11.5 Å². The lowest BCUT2D eigenvalue weighted by Crippen LogP contribution is -2.54. The third-order valence-corrected chi connectivity index (χ3v) is 12.8. The zero-order valence-corrected chi connectivity index (χ0v) is 31.2. The molecule has 0 amide bonds. The maximum Gasteiger partial charge on any atom is 0.423 e. The van der Waals surface area contributed by atoms with E-state index in [4.69, 9.17) is 88.6 Å². The molecule has 0 bridgehead atoms. The van der Waals surface area contributed by atoms with Crippen LogP contribution in [0.3, 0.4) is 0 Å². The van der Waals surface area contributed by atoms with E-state index in [-0.39, 0.29) is 71.9 Å². The Morgan fingerprint density at radius 1 is 0.660 bits per heavy atom. The van der Waals surface area contributed by atoms with E-state index >= 15 is 0 Å². The van der Waals surface area contributed by atoms with Gasteiger partial charge >= 0.3 is 23.9 Å². The van der Waals surface area contributed by atoms with Crippen LogP contribution >= 0.6 is 69.6 Å². The van der Waals surface area contributed by atoms with Crippen LogP contribution in [-0.4, -0.2) is 37.1 Å². The Hall–Kier alpha value is -1.94. The first kappa shape index (κ1) is 37.9. The van der Waals surface area contributed by atoms with Crippen LogP contribution in [0.25, 0.3) is 0 Å². The molecule has 47 heavy (non-hydrogen) atoms. The fourth-order valence-electron chi connectivity index (χ4n) is 6.59. The van der Waals surface area contributed by atoms with Crippen molar-refractivity contribution in [2.45, 2.75) is 54.9 Å². The molecule has 0 N–H and O–H groups in total. The van der Waals surface area contributed by atoms with E-state index in [2.05, 4.69) is 34.6 Å². The number of hydrogen-bond donors (Lipinski definition) is 0. The SMILES string of the molecule is CC1CC(C)(COC(=O)c2c(Cl)c(Cl)cc(Cl)c2OC(=O)C(=O)Oc2c(Cl)cc(Cl)c(Cl)c2C(=O)OCC2(C)C(C)C(C)C2C)C1C. The Bertz CT molecular complexity index is 1630. The number of ether oxygens (including phenoxy) is 4. The number of carbonyl (C=O) groups excluding carboxylic acids is 4. The molecule has 2 aromatic carbocycles. The van der Waals surface area contributed by atoms with Gasteiger partial charge in [-0.15, -0.1) is 0 Å². The van der Waals surface area contributed by atoms with Crippen LogP contribution in [-0.2, 0) is 19.1 Å². The van der Waals surface area contributed by atoms with E-state index in [1.165, 1.54) is 0 Å². The molecular formula is C33H34Cl6O8. The Labute approximate surface area is 303 Å². The van der Waals surface area contributed by atoms with E-state index in [0.29, 0.717) is 11.8 Å². The third-order valence-electron chi connectivity index (χ3n) is 10.7. The highest BCUT2D eigenvalue weighted by Gasteiger charge is 2.53. The monoisotopic (exact) mass is 768 g/mol. The van der Waals surface area contributed by atoms with Crippen molar-refractivity contribution >= 4 is 93.5 Å². The lowest BCUT2D eigenvalue weighted by atomic mass is 9.49. The Kier molecular flexibility index (Phi) is 11.4. The molecule has 0 heterocycles. The molecule has 0 aromatic heterocycles. The molecule has 2 aliphatic carbocycles. The maximum atomic E-state index is 13.3. The minimum Gasteiger partial charge on any atom is -0.461 e. The zero-order valence-electron chi connectivity index (χ0n) is 26.7. The molecule has 4 rings (SSSR count). The van der Waals surface area contributed by atoms with Crippen molar-refractivity contribution in [2.75, 3.05) is 13.2 Å². The average Bonchev–Trinajstić information content (AvgIpc) is 3.02. The molecule has 2 fully saturated rings. The van der Waals surface area contributed by atoms with Crippen molar-refractivity contribution in [3.05, 3.63) is 53.4 Å². The van der Waals surface area contributed by atoms with Crippen molar-refractivity contribution in [3.63, 3.8) is 0 Å². The summed E-state index contributed by atoms with van der Waals surface area (Å²) in [5, 5.41) is -1.50. The third kappa shape index (κ3) is 7.06. The molecule has 2 saturated carbocycles. The quantitative estimate of drug-likeness (QED) is 0.113. The lowest BCUT2D eigenvalue weighted by molar-refractivity contribution is -0.156. The highest BCUT2D eigenvalue weighted by molar-refractivity contribution is 6.47. The van der Waals surface area contributed by atoms with Gasteiger partial charge in [0, 0.05) is 10.8 Å². The molecule has 5 atom stereocenters. The second kappa shape index (κ2) is 14.1. The molecule has 0 spiro atoms. The summed E-state index contributed by atoms with van der Waals surface area (Å²) in [7, 11) is 0. The van der Waals surface area contributed by atoms with Crippen LogP contribution in [0.15, 0.2) is 12.1 Å². The summed E-state index contributed by atoms with van der Waals surface area (Å²) < 4.78 is 21.6. The van der Waals surface area contributed by atoms with E-state index < -0.39 is 46.5 Å². The van der Waals surface area contributed by atoms with Gasteiger partial charge in [-0.25, -0.2) is 19.2 Å². The van der Waals surface area contributed by atoms with Crippen molar-refractivity contribution in [1.29, 1.82) is 0 Å². The number of benzene rings is 2. The number of halogens is 6. The summed E-state index contributed by atoms with van der Waals surface area (Å²) >= 11 is 37.6. The van der Waals surface area contributed by atoms with Gasteiger partial charge in [-0.2, -0.15) is 0 Å². The van der Waals surface area contributed by atoms with Crippen molar-refractivity contribution in [1.82, 2.24) is 0 Å². The van der Waals surface area contributed by atoms with Crippen LogP contribution in [0.4, 0.5) is 0 Å². The van der Waals surface area contributed by atoms with E-state index in [1.54, 1.807) is 0 Å². The van der Waals surface area contributed by atoms with Crippen LogP contribution in [0, 0.1) is 40.4 Å². The summed E-state index contributed by atoms with van der Waals surface area (Å²) in [4.78, 5) is 52.6. The van der Waals surface area contributed by atoms with Gasteiger partial charge in [-0.3, -0.25) is 0 Å². The number of hydrogen-bond acceptors (Lipinski definition) is 8. The fraction of sp³-hybridized carbons (Fsp3) is 0.515. The summed E-state index contributed by atoms with van der Waals surface area (Å²) in [6.45, 7) is 14.5. The van der Waals surface area contributed by atoms with Crippen molar-refractivity contribution in [2.24, 2.45) is 40.4 Å². The fourth-order valence-corrected chi connectivity index (χ4v) is 8.03. The molecule has 2 aliphatic rings. The smallest absolute Gasteiger partial charge is 0.423 e. The number of carbonyl (C=O) groups is 4. The van der Waals surface area contributed by atoms with Crippen LogP contribution < -0.4 is 9.47 Å². The van der Waals surface area contributed by atoms with Crippen molar-refractivity contribution < 1.29 is 38.1 Å². The summed E-state index contributed by atoms with van der Waals surface area (Å²) in [5.41, 5.74) is -1.51. The van der Waals surface area contributed by atoms with Gasteiger partial charge in [0.05, 0.1) is 43.3 Å². The predicted octanol–water partition coefficient (Wildman–Crippen LogP) is 10.0. The average molecular weight is 771 g/mol. The minimum absolute atomic E-state index is 0.0419. The standard InChI is InChI=1S/C33H34Cl6O8/c1-13-10-32(6,15(13)3)11-44-28(40)22-24(38)18(34)8-20(36)26(22)46-30(42)31(43)47-27-21(37)9-19(35)25(39)23(27)29(41)45-12-33(7)16(4)14(2)17(33)5/h8-9,13-17H,10-12H2,1-7H3. The Morgan fingerprint density at radius 3 is 1.45 bits per heavy atom. The molecule has 14 heteroatoms. The molecule has 0 radical (unpaired) electrons. The topological polar surface area (TPSA) is 105 Å². The van der Waals surface area contributed by atoms with Crippen LogP contribution in [0.1, 0.15) is 75.6 Å². The molecule has 256 valence electrons. The molecular weight excluding hydrogens is 737 g/mol. The van der Waals surface area contributed by atoms with Crippen LogP contribution in [0.2, 0.25) is 30.1 Å². The maximum absolute atomic E-state index is 13.3. The highest BCUT2D eigenvalue weighted by Crippen LogP contribution is 2.55. The number of esters is 4. The second-order valence-electron chi connectivity index (χ2n) is 13.2. The summed E-state index contributed by atoms with van der Waals surface area (Å²) in [5.74, 6) is -4.71. The van der Waals surface area contributed by atoms with Gasteiger partial charge in [-0.1, -0.05) is 118 Å². The van der Waals surface area contributed by atoms with Gasteiger partial charge in [0.2, 0.25) is 0 Å². The first-order chi connectivity index (χ1) is 21.7. The number of rotatable bonds is 8. The Morgan fingerprint density at radius 2 is 1.06 bits per heavy atom. The van der Waals surface area contributed by atoms with E-state index in [1.807, 2.05) is 13.8 Å². The van der Waals surface area contributed by atoms with Gasteiger partial charge in [-0.05, 0) is 48.1 Å². The van der Waals surface area contributed by atoms with Crippen LogP contribution in [0.5, 0.6) is 11.5 Å². The second-order valence-corrected chi connectivity index (χ2v) is 15.6. The van der Waals surface area contributed by atoms with Crippen molar-refractivity contribution in [3.8, 4) is 11.5 Å². The first-order valence-corrected chi connectivity index (χ1v) is 17.1. The van der Waals surface area contributed by atoms with Gasteiger partial charge < -0.3 is 18.9 Å². The van der Waals surface area contributed by atoms with Gasteiger partial charge in [0.25, 0.3) is 0 Å². The summed E-state index contributed by atoms with van der Waals surface area (Å²) in [6.07, 6.45) is 0.836. The molecule has 5 unspecified atom stereocenters. The largest absolute Gasteiger partial charge is 0.461 e. The normalized spacial score (nSPS) is 28.1. The molecule has 0 aliphatic heterocycles. The zero-order chi connectivity index (χ0) is 35.3. The molecule has 2 aromatic rings. The predicted molar refractivity (Wildman–Crippen MR) is 181 cm³/mol. The first-order valence-electron chi connectivity index (χ1n) is 14.9. The molecule has 8 nitrogen and oxygen atoms in total. The van der Waals surface area contributed by atoms with E-state index in [9.17, 15) is 19.2 Å². The minimum atomic E-state index is -1.65. The molecule has 0 saturated heterocycles.